The molecule has 0 atom stereocenters. The minimum absolute atomic E-state index is 0.0260. The van der Waals surface area contributed by atoms with E-state index in [1.165, 1.54) is 0 Å². The molecule has 0 saturated carbocycles. The van der Waals surface area contributed by atoms with Gasteiger partial charge in [0.25, 0.3) is 0 Å². The molecule has 36 heavy (non-hydrogen) atoms. The zero-order valence-electron chi connectivity index (χ0n) is 20.7. The smallest absolute Gasteiger partial charge is 0.154 e. The van der Waals surface area contributed by atoms with Gasteiger partial charge in [0.15, 0.2) is 5.82 Å². The molecule has 1 saturated heterocycles. The lowest BCUT2D eigenvalue weighted by Crippen LogP contribution is -2.62. The zero-order chi connectivity index (χ0) is 25.1. The Bertz CT molecular complexity index is 1330. The molecule has 4 aromatic heterocycles. The molecule has 5 heterocycles. The summed E-state index contributed by atoms with van der Waals surface area (Å²) in [5, 5.41) is 35.2. The Kier molecular flexibility index (Phi) is 6.90. The van der Waals surface area contributed by atoms with Crippen molar-refractivity contribution in [2.24, 2.45) is 0 Å². The van der Waals surface area contributed by atoms with Crippen molar-refractivity contribution >= 4 is 22.7 Å². The Labute approximate surface area is 210 Å². The van der Waals surface area contributed by atoms with Gasteiger partial charge in [-0.25, -0.2) is 4.98 Å². The van der Waals surface area contributed by atoms with E-state index in [1.807, 2.05) is 47.5 Å². The Balaban J connectivity index is 1.22. The normalized spacial score (nSPS) is 15.4. The van der Waals surface area contributed by atoms with E-state index in [1.54, 1.807) is 6.20 Å². The summed E-state index contributed by atoms with van der Waals surface area (Å²) in [7, 11) is 0. The molecule has 0 bridgehead atoms. The number of β-amino-alcohol motifs (C(OH)–C–C–N with tert-alkyl or cyclic N) is 1. The van der Waals surface area contributed by atoms with Crippen molar-refractivity contribution in [1.82, 2.24) is 34.8 Å². The van der Waals surface area contributed by atoms with Crippen molar-refractivity contribution in [3.63, 3.8) is 0 Å². The third-order valence-corrected chi connectivity index (χ3v) is 6.58. The Morgan fingerprint density at radius 2 is 1.89 bits per heavy atom. The van der Waals surface area contributed by atoms with Gasteiger partial charge < -0.3 is 15.5 Å². The van der Waals surface area contributed by atoms with Crippen LogP contribution < -0.4 is 5.32 Å². The second-order valence-electron chi connectivity index (χ2n) is 9.87. The van der Waals surface area contributed by atoms with Crippen LogP contribution in [0.2, 0.25) is 0 Å². The average Bonchev–Trinajstić information content (AvgIpc) is 3.32. The van der Waals surface area contributed by atoms with Gasteiger partial charge in [-0.3, -0.25) is 14.6 Å². The van der Waals surface area contributed by atoms with Gasteiger partial charge in [-0.05, 0) is 42.2 Å². The summed E-state index contributed by atoms with van der Waals surface area (Å²) in [6.07, 6.45) is 8.88. The highest BCUT2D eigenvalue weighted by Gasteiger charge is 2.39. The molecule has 0 unspecified atom stereocenters. The number of aryl methyl sites for hydroxylation is 1. The van der Waals surface area contributed by atoms with Gasteiger partial charge in [-0.15, -0.1) is 5.10 Å². The van der Waals surface area contributed by atoms with Crippen LogP contribution in [-0.4, -0.2) is 76.9 Å². The summed E-state index contributed by atoms with van der Waals surface area (Å²) in [6, 6.07) is 7.84. The van der Waals surface area contributed by atoms with Crippen LogP contribution in [0.5, 0.6) is 0 Å². The lowest BCUT2D eigenvalue weighted by Gasteiger charge is -2.46. The molecule has 5 rings (SSSR count). The topological polar surface area (TPSA) is 125 Å². The predicted molar refractivity (Wildman–Crippen MR) is 138 cm³/mol. The molecule has 10 heteroatoms. The molecule has 0 amide bonds. The number of fused-ring (bicyclic) bond motifs is 1. The molecule has 3 N–H and O–H groups in total. The fourth-order valence-electron chi connectivity index (χ4n) is 4.53. The lowest BCUT2D eigenvalue weighted by atomic mass is 9.91. The maximum absolute atomic E-state index is 10.2. The number of pyridine rings is 2. The maximum Gasteiger partial charge on any atom is 0.154 e. The number of aliphatic hydroxyl groups excluding tert-OH is 1. The van der Waals surface area contributed by atoms with Gasteiger partial charge in [-0.2, -0.15) is 10.2 Å². The summed E-state index contributed by atoms with van der Waals surface area (Å²) in [4.78, 5) is 11.5. The van der Waals surface area contributed by atoms with Crippen molar-refractivity contribution in [3.05, 3.63) is 54.6 Å². The van der Waals surface area contributed by atoms with Crippen LogP contribution in [0.3, 0.4) is 0 Å². The largest absolute Gasteiger partial charge is 0.396 e. The average molecular weight is 489 g/mol. The second-order valence-corrected chi connectivity index (χ2v) is 9.87. The number of anilines is 2. The highest BCUT2D eigenvalue weighted by atomic mass is 16.3. The monoisotopic (exact) mass is 488 g/mol. The number of nitrogens with one attached hydrogen (secondary N) is 1. The van der Waals surface area contributed by atoms with Gasteiger partial charge in [0.2, 0.25) is 0 Å². The molecular formula is C26H32N8O2. The first kappa shape index (κ1) is 24.2. The number of aromatic nitrogens is 6. The lowest BCUT2D eigenvalue weighted by molar-refractivity contribution is -0.109. The molecule has 1 aliphatic heterocycles. The molecule has 0 aromatic carbocycles. The van der Waals surface area contributed by atoms with Crippen LogP contribution in [-0.2, 0) is 6.54 Å². The first-order valence-corrected chi connectivity index (χ1v) is 12.4. The van der Waals surface area contributed by atoms with E-state index in [9.17, 15) is 5.11 Å². The summed E-state index contributed by atoms with van der Waals surface area (Å²) in [6.45, 7) is 7.20. The number of rotatable bonds is 10. The molecule has 0 aliphatic carbocycles. The van der Waals surface area contributed by atoms with Crippen LogP contribution in [0, 0.1) is 0 Å². The zero-order valence-corrected chi connectivity index (χ0v) is 20.7. The van der Waals surface area contributed by atoms with Crippen molar-refractivity contribution < 1.29 is 10.2 Å². The van der Waals surface area contributed by atoms with Crippen LogP contribution >= 0.6 is 0 Å². The molecule has 1 aliphatic rings. The Hall–Kier alpha value is -3.47. The van der Waals surface area contributed by atoms with E-state index < -0.39 is 5.60 Å². The second kappa shape index (κ2) is 10.3. The predicted octanol–water partition coefficient (Wildman–Crippen LogP) is 2.97. The Morgan fingerprint density at radius 3 is 2.69 bits per heavy atom. The summed E-state index contributed by atoms with van der Waals surface area (Å²) >= 11 is 0. The first-order chi connectivity index (χ1) is 17.4. The fourth-order valence-corrected chi connectivity index (χ4v) is 4.53. The molecule has 188 valence electrons. The number of aliphatic hydroxyl groups is 2. The third-order valence-electron chi connectivity index (χ3n) is 6.58. The van der Waals surface area contributed by atoms with Crippen LogP contribution in [0.1, 0.15) is 38.2 Å². The minimum atomic E-state index is -0.717. The van der Waals surface area contributed by atoms with E-state index in [0.717, 1.165) is 47.2 Å². The van der Waals surface area contributed by atoms with Gasteiger partial charge in [0.05, 0.1) is 29.0 Å². The SMILES string of the molecule is CC(C)c1cnnc(Nc2ccc3ncc(-c4cnn(CCCN5CC(O)(CCO)C5)c4)cc3n2)c1. The van der Waals surface area contributed by atoms with Crippen LogP contribution in [0.4, 0.5) is 11.6 Å². The van der Waals surface area contributed by atoms with Gasteiger partial charge in [0.1, 0.15) is 5.82 Å². The first-order valence-electron chi connectivity index (χ1n) is 12.4. The summed E-state index contributed by atoms with van der Waals surface area (Å²) in [5.74, 6) is 1.71. The van der Waals surface area contributed by atoms with Gasteiger partial charge >= 0.3 is 0 Å². The number of hydrogen-bond donors (Lipinski definition) is 3. The van der Waals surface area contributed by atoms with E-state index in [-0.39, 0.29) is 6.61 Å². The van der Waals surface area contributed by atoms with Crippen molar-refractivity contribution in [2.45, 2.75) is 44.8 Å². The number of nitrogens with zero attached hydrogens (tertiary/aromatic N) is 7. The highest BCUT2D eigenvalue weighted by molar-refractivity contribution is 5.81. The Morgan fingerprint density at radius 1 is 1.03 bits per heavy atom. The number of hydrogen-bond acceptors (Lipinski definition) is 9. The van der Waals surface area contributed by atoms with Gasteiger partial charge in [0, 0.05) is 62.7 Å². The van der Waals surface area contributed by atoms with E-state index in [4.69, 9.17) is 10.1 Å². The third kappa shape index (κ3) is 5.51. The highest BCUT2D eigenvalue weighted by Crippen LogP contribution is 2.25. The molecule has 4 aromatic rings. The molecular weight excluding hydrogens is 456 g/mol. The van der Waals surface area contributed by atoms with E-state index >= 15 is 0 Å². The summed E-state index contributed by atoms with van der Waals surface area (Å²) in [5.41, 5.74) is 3.94. The molecule has 10 nitrogen and oxygen atoms in total. The molecule has 1 fully saturated rings. The maximum atomic E-state index is 10.2. The van der Waals surface area contributed by atoms with E-state index in [2.05, 4.69) is 44.3 Å². The van der Waals surface area contributed by atoms with Crippen LogP contribution in [0.15, 0.2) is 49.1 Å². The molecule has 0 radical (unpaired) electrons. The standard InChI is InChI=1S/C26H32N8O2/c1-18(2)19-11-25(32-28-13-19)31-24-5-4-22-23(30-24)10-20(12-27-22)21-14-29-34(15-21)8-3-7-33-16-26(36,17-33)6-9-35/h4-5,10-15,18,35-36H,3,6-9,16-17H2,1-2H3,(H,30,31,32). The van der Waals surface area contributed by atoms with Crippen LogP contribution in [0.25, 0.3) is 22.2 Å². The van der Waals surface area contributed by atoms with Crippen molar-refractivity contribution in [3.8, 4) is 11.1 Å². The molecule has 0 spiro atoms. The summed E-state index contributed by atoms with van der Waals surface area (Å²) < 4.78 is 1.94. The van der Waals surface area contributed by atoms with E-state index in [0.29, 0.717) is 37.1 Å². The van der Waals surface area contributed by atoms with Crippen molar-refractivity contribution in [1.29, 1.82) is 0 Å². The van der Waals surface area contributed by atoms with Crippen molar-refractivity contribution in [2.75, 3.05) is 31.6 Å². The quantitative estimate of drug-likeness (QED) is 0.309. The minimum Gasteiger partial charge on any atom is -0.396 e. The fraction of sp³-hybridized carbons (Fsp3) is 0.423. The number of likely N-dealkylation sites (tertiary alicyclic amines) is 1. The van der Waals surface area contributed by atoms with Gasteiger partial charge in [-0.1, -0.05) is 13.8 Å².